The third-order valence-corrected chi connectivity index (χ3v) is 3.53. The Bertz CT molecular complexity index is 666. The van der Waals surface area contributed by atoms with E-state index in [4.69, 9.17) is 5.73 Å². The predicted octanol–water partition coefficient (Wildman–Crippen LogP) is 1.26. The maximum Gasteiger partial charge on any atom is 0.348 e. The van der Waals surface area contributed by atoms with Gasteiger partial charge in [0.15, 0.2) is 5.82 Å². The number of aryl methyl sites for hydroxylation is 1. The van der Waals surface area contributed by atoms with Crippen molar-refractivity contribution in [2.24, 2.45) is 0 Å². The molecule has 1 aliphatic heterocycles. The zero-order valence-corrected chi connectivity index (χ0v) is 9.76. The molecule has 0 fully saturated rings. The molecule has 86 valence electrons. The van der Waals surface area contributed by atoms with Crippen molar-refractivity contribution in [3.8, 4) is 0 Å². The topological polar surface area (TPSA) is 96.7 Å². The lowest BCUT2D eigenvalue weighted by atomic mass is 10.3. The minimum absolute atomic E-state index is 0.323. The Morgan fingerprint density at radius 1 is 1.29 bits per heavy atom. The van der Waals surface area contributed by atoms with E-state index >= 15 is 0 Å². The molecule has 2 aromatic rings. The van der Waals surface area contributed by atoms with Crippen LogP contribution in [0.5, 0.6) is 0 Å². The van der Waals surface area contributed by atoms with E-state index in [0.717, 1.165) is 15.5 Å². The lowest BCUT2D eigenvalue weighted by Gasteiger charge is -2.19. The molecule has 3 rings (SSSR count). The van der Waals surface area contributed by atoms with Gasteiger partial charge in [-0.05, 0) is 19.1 Å². The number of aromatic amines is 1. The summed E-state index contributed by atoms with van der Waals surface area (Å²) >= 11 is 1.44. The number of nitrogen functional groups attached to an aromatic ring is 1. The number of nitrogens with zero attached hydrogens (tertiary/aromatic N) is 2. The average molecular weight is 247 g/mol. The Labute approximate surface area is 101 Å². The van der Waals surface area contributed by atoms with Crippen LogP contribution in [0.15, 0.2) is 26.7 Å². The van der Waals surface area contributed by atoms with Crippen LogP contribution in [0.25, 0.3) is 0 Å². The van der Waals surface area contributed by atoms with Crippen molar-refractivity contribution in [3.05, 3.63) is 28.3 Å². The number of rotatable bonds is 0. The van der Waals surface area contributed by atoms with Crippen LogP contribution in [-0.2, 0) is 0 Å². The first-order valence-electron chi connectivity index (χ1n) is 4.96. The van der Waals surface area contributed by atoms with Crippen molar-refractivity contribution in [1.29, 1.82) is 0 Å². The summed E-state index contributed by atoms with van der Waals surface area (Å²) in [5, 5.41) is 3.02. The van der Waals surface area contributed by atoms with Crippen molar-refractivity contribution in [2.75, 3.05) is 11.1 Å². The zero-order chi connectivity index (χ0) is 12.0. The molecule has 17 heavy (non-hydrogen) atoms. The maximum absolute atomic E-state index is 11.2. The Morgan fingerprint density at radius 3 is 2.94 bits per heavy atom. The highest BCUT2D eigenvalue weighted by Crippen LogP contribution is 2.43. The number of nitrogens with two attached hydrogens (primary N) is 1. The van der Waals surface area contributed by atoms with Gasteiger partial charge in [0, 0.05) is 5.69 Å². The van der Waals surface area contributed by atoms with Gasteiger partial charge in [0.05, 0.1) is 9.79 Å². The van der Waals surface area contributed by atoms with Crippen molar-refractivity contribution < 1.29 is 0 Å². The predicted molar refractivity (Wildman–Crippen MR) is 65.6 cm³/mol. The van der Waals surface area contributed by atoms with Crippen LogP contribution >= 0.6 is 11.8 Å². The summed E-state index contributed by atoms with van der Waals surface area (Å²) in [6.45, 7) is 1.90. The lowest BCUT2D eigenvalue weighted by molar-refractivity contribution is 1.02. The molecular formula is C10H9N5OS. The fourth-order valence-electron chi connectivity index (χ4n) is 1.61. The van der Waals surface area contributed by atoms with Crippen molar-refractivity contribution in [2.45, 2.75) is 16.7 Å². The highest BCUT2D eigenvalue weighted by Gasteiger charge is 2.21. The summed E-state index contributed by atoms with van der Waals surface area (Å²) in [4.78, 5) is 23.6. The summed E-state index contributed by atoms with van der Waals surface area (Å²) in [5.41, 5.74) is 6.19. The van der Waals surface area contributed by atoms with Gasteiger partial charge in [-0.3, -0.25) is 4.98 Å². The molecule has 3 heterocycles. The van der Waals surface area contributed by atoms with Crippen LogP contribution in [0, 0.1) is 6.92 Å². The van der Waals surface area contributed by atoms with E-state index in [1.54, 1.807) is 0 Å². The second-order valence-electron chi connectivity index (χ2n) is 3.66. The summed E-state index contributed by atoms with van der Waals surface area (Å²) in [6, 6.07) is 3.89. The molecule has 0 amide bonds. The second kappa shape index (κ2) is 3.49. The molecule has 0 bridgehead atoms. The molecule has 0 atom stereocenters. The monoisotopic (exact) mass is 247 g/mol. The molecule has 0 aromatic carbocycles. The third kappa shape index (κ3) is 1.64. The van der Waals surface area contributed by atoms with E-state index in [1.165, 1.54) is 11.8 Å². The summed E-state index contributed by atoms with van der Waals surface area (Å²) < 4.78 is 0. The number of anilines is 3. The van der Waals surface area contributed by atoms with Crippen LogP contribution in [-0.4, -0.2) is 15.0 Å². The summed E-state index contributed by atoms with van der Waals surface area (Å²) in [6.07, 6.45) is 0. The van der Waals surface area contributed by atoms with E-state index in [9.17, 15) is 4.79 Å². The molecule has 0 spiro atoms. The summed E-state index contributed by atoms with van der Waals surface area (Å²) in [5.74, 6) is 1.49. The zero-order valence-electron chi connectivity index (χ0n) is 8.94. The van der Waals surface area contributed by atoms with Gasteiger partial charge in [0.25, 0.3) is 0 Å². The van der Waals surface area contributed by atoms with Gasteiger partial charge in [0.2, 0.25) is 0 Å². The van der Waals surface area contributed by atoms with E-state index in [-0.39, 0.29) is 0 Å². The van der Waals surface area contributed by atoms with Crippen LogP contribution in [0.2, 0.25) is 0 Å². The standard InChI is InChI=1S/C10H9N5OS/c1-4-2-3-5-8(12-4)14-9-6(17-5)7(11)13-10(16)15-9/h2-3H,1H3,(H4,11,12,13,14,15,16). The van der Waals surface area contributed by atoms with Crippen LogP contribution in [0.1, 0.15) is 5.69 Å². The number of hydrogen-bond donors (Lipinski definition) is 3. The van der Waals surface area contributed by atoms with Crippen molar-refractivity contribution >= 4 is 29.2 Å². The molecule has 0 unspecified atom stereocenters. The van der Waals surface area contributed by atoms with Crippen molar-refractivity contribution in [1.82, 2.24) is 15.0 Å². The van der Waals surface area contributed by atoms with Crippen molar-refractivity contribution in [3.63, 3.8) is 0 Å². The first kappa shape index (κ1) is 10.2. The molecule has 7 heteroatoms. The van der Waals surface area contributed by atoms with E-state index in [1.807, 2.05) is 19.1 Å². The number of aromatic nitrogens is 3. The molecule has 1 aliphatic rings. The van der Waals surface area contributed by atoms with Gasteiger partial charge in [-0.1, -0.05) is 11.8 Å². The van der Waals surface area contributed by atoms with E-state index in [0.29, 0.717) is 17.5 Å². The molecule has 0 radical (unpaired) electrons. The van der Waals surface area contributed by atoms with Crippen LogP contribution < -0.4 is 16.7 Å². The van der Waals surface area contributed by atoms with Gasteiger partial charge >= 0.3 is 5.69 Å². The third-order valence-electron chi connectivity index (χ3n) is 2.36. The number of hydrogen-bond acceptors (Lipinski definition) is 6. The number of pyridine rings is 1. The SMILES string of the molecule is Cc1ccc2c(n1)Nc1nc(=O)[nH]c(N)c1S2. The van der Waals surface area contributed by atoms with Crippen LogP contribution in [0.3, 0.4) is 0 Å². The smallest absolute Gasteiger partial charge is 0.348 e. The highest BCUT2D eigenvalue weighted by molar-refractivity contribution is 7.99. The normalized spacial score (nSPS) is 12.5. The Hall–Kier alpha value is -2.02. The molecule has 2 aromatic heterocycles. The van der Waals surface area contributed by atoms with Gasteiger partial charge in [0.1, 0.15) is 11.6 Å². The maximum atomic E-state index is 11.2. The molecule has 0 saturated heterocycles. The largest absolute Gasteiger partial charge is 0.384 e. The Kier molecular flexibility index (Phi) is 2.08. The number of nitrogens with one attached hydrogen (secondary N) is 2. The summed E-state index contributed by atoms with van der Waals surface area (Å²) in [7, 11) is 0. The number of H-pyrrole nitrogens is 1. The van der Waals surface area contributed by atoms with Gasteiger partial charge in [-0.15, -0.1) is 0 Å². The van der Waals surface area contributed by atoms with Gasteiger partial charge in [-0.2, -0.15) is 4.98 Å². The molecule has 6 nitrogen and oxygen atoms in total. The fourth-order valence-corrected chi connectivity index (χ4v) is 2.51. The van der Waals surface area contributed by atoms with E-state index < -0.39 is 5.69 Å². The molecule has 0 saturated carbocycles. The minimum atomic E-state index is -0.467. The first-order chi connectivity index (χ1) is 8.13. The molecular weight excluding hydrogens is 238 g/mol. The molecule has 0 aliphatic carbocycles. The average Bonchev–Trinajstić information content (AvgIpc) is 2.26. The highest BCUT2D eigenvalue weighted by atomic mass is 32.2. The van der Waals surface area contributed by atoms with E-state index in [2.05, 4.69) is 20.3 Å². The Balaban J connectivity index is 2.17. The lowest BCUT2D eigenvalue weighted by Crippen LogP contribution is -2.18. The quantitative estimate of drug-likeness (QED) is 0.553. The van der Waals surface area contributed by atoms with Gasteiger partial charge in [-0.25, -0.2) is 9.78 Å². The Morgan fingerprint density at radius 2 is 2.12 bits per heavy atom. The van der Waals surface area contributed by atoms with Crippen LogP contribution in [0.4, 0.5) is 17.5 Å². The first-order valence-corrected chi connectivity index (χ1v) is 5.77. The second-order valence-corrected chi connectivity index (χ2v) is 4.71. The van der Waals surface area contributed by atoms with Gasteiger partial charge < -0.3 is 11.1 Å². The fraction of sp³-hybridized carbons (Fsp3) is 0.100. The number of fused-ring (bicyclic) bond motifs is 2. The minimum Gasteiger partial charge on any atom is -0.384 e. The molecule has 4 N–H and O–H groups in total.